The molecule has 1 aliphatic heterocycles. The molecule has 0 aromatic carbocycles. The maximum Gasteiger partial charge on any atom is 0.401 e. The summed E-state index contributed by atoms with van der Waals surface area (Å²) in [5.41, 5.74) is 1.15. The molecule has 1 aromatic rings. The highest BCUT2D eigenvalue weighted by Gasteiger charge is 2.36. The summed E-state index contributed by atoms with van der Waals surface area (Å²) in [6.07, 6.45) is 0.748. The fourth-order valence-corrected chi connectivity index (χ4v) is 3.42. The van der Waals surface area contributed by atoms with Crippen LogP contribution < -0.4 is 5.32 Å². The molecule has 2 heterocycles. The lowest BCUT2D eigenvalue weighted by Gasteiger charge is -2.25. The van der Waals surface area contributed by atoms with E-state index in [0.717, 1.165) is 43.4 Å². The molecule has 5 nitrogen and oxygen atoms in total. The number of hydrogen-bond donors (Lipinski definition) is 1. The van der Waals surface area contributed by atoms with Crippen molar-refractivity contribution >= 4 is 5.91 Å². The first-order chi connectivity index (χ1) is 10.9. The standard InChI is InChI=1S/C15H20F3N3O2/c16-15(17,18)9-21-7-3-4-10(21)8-19-14(22)13-11-5-1-2-6-12(11)23-20-13/h10H,1-9H2,(H,19,22). The number of hydrogen-bond acceptors (Lipinski definition) is 4. The molecule has 1 aromatic heterocycles. The Morgan fingerprint density at radius 1 is 1.30 bits per heavy atom. The number of fused-ring (bicyclic) bond motifs is 1. The molecular formula is C15H20F3N3O2. The lowest BCUT2D eigenvalue weighted by Crippen LogP contribution is -2.44. The largest absolute Gasteiger partial charge is 0.401 e. The summed E-state index contributed by atoms with van der Waals surface area (Å²) in [5, 5.41) is 6.56. The van der Waals surface area contributed by atoms with E-state index in [2.05, 4.69) is 10.5 Å². The van der Waals surface area contributed by atoms with Gasteiger partial charge in [0.25, 0.3) is 5.91 Å². The molecule has 0 radical (unpaired) electrons. The van der Waals surface area contributed by atoms with Crippen LogP contribution in [0.4, 0.5) is 13.2 Å². The number of rotatable bonds is 4. The van der Waals surface area contributed by atoms with Crippen LogP contribution in [0, 0.1) is 0 Å². The molecular weight excluding hydrogens is 311 g/mol. The van der Waals surface area contributed by atoms with Gasteiger partial charge in [0, 0.05) is 24.6 Å². The molecule has 23 heavy (non-hydrogen) atoms. The average Bonchev–Trinajstić information content (AvgIpc) is 3.09. The number of nitrogens with zero attached hydrogens (tertiary/aromatic N) is 2. The van der Waals surface area contributed by atoms with Crippen LogP contribution in [0.15, 0.2) is 4.52 Å². The molecule has 2 aliphatic rings. The van der Waals surface area contributed by atoms with Gasteiger partial charge in [-0.1, -0.05) is 5.16 Å². The molecule has 1 aliphatic carbocycles. The van der Waals surface area contributed by atoms with Crippen LogP contribution in [0.25, 0.3) is 0 Å². The smallest absolute Gasteiger partial charge is 0.360 e. The predicted molar refractivity (Wildman–Crippen MR) is 76.1 cm³/mol. The molecule has 1 fully saturated rings. The number of aromatic nitrogens is 1. The molecule has 1 atom stereocenters. The topological polar surface area (TPSA) is 58.4 Å². The number of carbonyl (C=O) groups is 1. The number of aryl methyl sites for hydroxylation is 1. The van der Waals surface area contributed by atoms with E-state index in [1.807, 2.05) is 0 Å². The Morgan fingerprint density at radius 3 is 2.87 bits per heavy atom. The van der Waals surface area contributed by atoms with Crippen LogP contribution in [-0.4, -0.2) is 47.8 Å². The molecule has 0 saturated carbocycles. The third-order valence-electron chi connectivity index (χ3n) is 4.54. The van der Waals surface area contributed by atoms with E-state index in [1.54, 1.807) is 0 Å². The Balaban J connectivity index is 1.57. The van der Waals surface area contributed by atoms with Gasteiger partial charge in [-0.25, -0.2) is 0 Å². The number of alkyl halides is 3. The first-order valence-electron chi connectivity index (χ1n) is 8.00. The minimum absolute atomic E-state index is 0.205. The normalized spacial score (nSPS) is 22.1. The highest BCUT2D eigenvalue weighted by atomic mass is 19.4. The summed E-state index contributed by atoms with van der Waals surface area (Å²) in [5.74, 6) is 0.414. The molecule has 128 valence electrons. The molecule has 1 N–H and O–H groups in total. The van der Waals surface area contributed by atoms with Crippen molar-refractivity contribution in [1.29, 1.82) is 0 Å². The summed E-state index contributed by atoms with van der Waals surface area (Å²) >= 11 is 0. The van der Waals surface area contributed by atoms with Crippen molar-refractivity contribution in [2.75, 3.05) is 19.6 Å². The zero-order valence-corrected chi connectivity index (χ0v) is 12.8. The molecule has 1 saturated heterocycles. The van der Waals surface area contributed by atoms with Crippen molar-refractivity contribution in [3.05, 3.63) is 17.0 Å². The summed E-state index contributed by atoms with van der Waals surface area (Å²) in [4.78, 5) is 13.6. The van der Waals surface area contributed by atoms with Crippen LogP contribution in [0.2, 0.25) is 0 Å². The van der Waals surface area contributed by atoms with Crippen molar-refractivity contribution < 1.29 is 22.5 Å². The molecule has 0 spiro atoms. The van der Waals surface area contributed by atoms with Gasteiger partial charge in [-0.2, -0.15) is 13.2 Å². The first kappa shape index (κ1) is 16.3. The van der Waals surface area contributed by atoms with Crippen LogP contribution in [-0.2, 0) is 12.8 Å². The molecule has 1 amide bonds. The molecule has 0 bridgehead atoms. The SMILES string of the molecule is O=C(NCC1CCCN1CC(F)(F)F)c1noc2c1CCCC2. The molecule has 3 rings (SSSR count). The number of amides is 1. The second-order valence-electron chi connectivity index (χ2n) is 6.23. The van der Waals surface area contributed by atoms with Crippen molar-refractivity contribution in [3.63, 3.8) is 0 Å². The monoisotopic (exact) mass is 331 g/mol. The number of carbonyl (C=O) groups excluding carboxylic acids is 1. The highest BCUT2D eigenvalue weighted by molar-refractivity contribution is 5.93. The van der Waals surface area contributed by atoms with E-state index < -0.39 is 12.7 Å². The molecule has 1 unspecified atom stereocenters. The van der Waals surface area contributed by atoms with Crippen LogP contribution in [0.5, 0.6) is 0 Å². The Labute approximate surface area is 132 Å². The lowest BCUT2D eigenvalue weighted by atomic mass is 9.96. The molecule has 8 heteroatoms. The van der Waals surface area contributed by atoms with Crippen LogP contribution >= 0.6 is 0 Å². The highest BCUT2D eigenvalue weighted by Crippen LogP contribution is 2.25. The van der Waals surface area contributed by atoms with E-state index in [9.17, 15) is 18.0 Å². The minimum Gasteiger partial charge on any atom is -0.360 e. The number of likely N-dealkylation sites (tertiary alicyclic amines) is 1. The van der Waals surface area contributed by atoms with Gasteiger partial charge in [0.15, 0.2) is 5.69 Å². The number of nitrogens with one attached hydrogen (secondary N) is 1. The summed E-state index contributed by atoms with van der Waals surface area (Å²) in [6.45, 7) is -0.303. The van der Waals surface area contributed by atoms with Crippen LogP contribution in [0.3, 0.4) is 0 Å². The Hall–Kier alpha value is -1.57. The Morgan fingerprint density at radius 2 is 2.09 bits per heavy atom. The van der Waals surface area contributed by atoms with E-state index >= 15 is 0 Å². The van der Waals surface area contributed by atoms with Crippen molar-refractivity contribution in [2.45, 2.75) is 50.7 Å². The second kappa shape index (κ2) is 6.51. The van der Waals surface area contributed by atoms with Gasteiger partial charge >= 0.3 is 6.18 Å². The van der Waals surface area contributed by atoms with Crippen molar-refractivity contribution in [2.24, 2.45) is 0 Å². The quantitative estimate of drug-likeness (QED) is 0.920. The van der Waals surface area contributed by atoms with E-state index in [4.69, 9.17) is 4.52 Å². The van der Waals surface area contributed by atoms with Crippen molar-refractivity contribution in [1.82, 2.24) is 15.4 Å². The van der Waals surface area contributed by atoms with Gasteiger partial charge in [-0.3, -0.25) is 9.69 Å². The third kappa shape index (κ3) is 3.85. The average molecular weight is 331 g/mol. The second-order valence-corrected chi connectivity index (χ2v) is 6.23. The zero-order valence-electron chi connectivity index (χ0n) is 12.8. The Kier molecular flexibility index (Phi) is 4.61. The van der Waals surface area contributed by atoms with E-state index in [0.29, 0.717) is 18.7 Å². The zero-order chi connectivity index (χ0) is 16.4. The summed E-state index contributed by atoms with van der Waals surface area (Å²) in [6, 6.07) is -0.275. The third-order valence-corrected chi connectivity index (χ3v) is 4.54. The first-order valence-corrected chi connectivity index (χ1v) is 8.00. The predicted octanol–water partition coefficient (Wildman–Crippen LogP) is 2.31. The van der Waals surface area contributed by atoms with Crippen molar-refractivity contribution in [3.8, 4) is 0 Å². The van der Waals surface area contributed by atoms with Gasteiger partial charge in [0.2, 0.25) is 0 Å². The van der Waals surface area contributed by atoms with Gasteiger partial charge in [0.1, 0.15) is 5.76 Å². The van der Waals surface area contributed by atoms with Gasteiger partial charge in [-0.05, 0) is 38.6 Å². The maximum atomic E-state index is 12.5. The maximum absolute atomic E-state index is 12.5. The Bertz CT molecular complexity index is 571. The summed E-state index contributed by atoms with van der Waals surface area (Å²) in [7, 11) is 0. The van der Waals surface area contributed by atoms with Gasteiger partial charge in [0.05, 0.1) is 6.54 Å². The van der Waals surface area contributed by atoms with Crippen LogP contribution in [0.1, 0.15) is 47.5 Å². The van der Waals surface area contributed by atoms with Gasteiger partial charge in [-0.15, -0.1) is 0 Å². The fourth-order valence-electron chi connectivity index (χ4n) is 3.42. The summed E-state index contributed by atoms with van der Waals surface area (Å²) < 4.78 is 42.8. The minimum atomic E-state index is -4.21. The van der Waals surface area contributed by atoms with E-state index in [1.165, 1.54) is 4.90 Å². The van der Waals surface area contributed by atoms with Gasteiger partial charge < -0.3 is 9.84 Å². The lowest BCUT2D eigenvalue weighted by molar-refractivity contribution is -0.147. The van der Waals surface area contributed by atoms with E-state index in [-0.39, 0.29) is 18.5 Å². The fraction of sp³-hybridized carbons (Fsp3) is 0.733. The number of halogens is 3.